The summed E-state index contributed by atoms with van der Waals surface area (Å²) in [6, 6.07) is 8.58. The molecule has 1 atom stereocenters. The van der Waals surface area contributed by atoms with Crippen molar-refractivity contribution < 1.29 is 0 Å². The number of hydrogen-bond acceptors (Lipinski definition) is 3. The molecule has 0 spiro atoms. The zero-order chi connectivity index (χ0) is 13.8. The van der Waals surface area contributed by atoms with Gasteiger partial charge in [0.2, 0.25) is 0 Å². The van der Waals surface area contributed by atoms with E-state index in [0.717, 1.165) is 16.7 Å². The minimum atomic E-state index is 0.640. The highest BCUT2D eigenvalue weighted by Crippen LogP contribution is 2.22. The van der Waals surface area contributed by atoms with Crippen molar-refractivity contribution in [2.75, 3.05) is 25.0 Å². The van der Waals surface area contributed by atoms with Crippen molar-refractivity contribution in [2.45, 2.75) is 26.3 Å². The molecule has 0 radical (unpaired) electrons. The number of nitrogens with one attached hydrogen (secondary N) is 1. The Labute approximate surface area is 123 Å². The molecule has 1 N–H and O–H groups in total. The maximum Gasteiger partial charge on any atom is 0.0992 e. The number of nitrogens with zero attached hydrogens (tertiary/aromatic N) is 2. The first-order valence-electron chi connectivity index (χ1n) is 6.77. The molecule has 0 aliphatic carbocycles. The van der Waals surface area contributed by atoms with Crippen LogP contribution < -0.4 is 5.32 Å². The molecule has 1 fully saturated rings. The Bertz CT molecular complexity index is 479. The van der Waals surface area contributed by atoms with Gasteiger partial charge >= 0.3 is 0 Å². The van der Waals surface area contributed by atoms with E-state index in [4.69, 9.17) is 5.26 Å². The molecule has 1 saturated heterocycles. The highest BCUT2D eigenvalue weighted by molar-refractivity contribution is 9.10. The van der Waals surface area contributed by atoms with Crippen LogP contribution in [0.3, 0.4) is 0 Å². The minimum absolute atomic E-state index is 0.640. The van der Waals surface area contributed by atoms with Crippen LogP contribution in [0.4, 0.5) is 5.69 Å². The maximum atomic E-state index is 8.96. The van der Waals surface area contributed by atoms with Crippen molar-refractivity contribution in [3.05, 3.63) is 28.2 Å². The summed E-state index contributed by atoms with van der Waals surface area (Å²) in [5.74, 6) is 0.701. The van der Waals surface area contributed by atoms with Crippen molar-refractivity contribution in [3.63, 3.8) is 0 Å². The summed E-state index contributed by atoms with van der Waals surface area (Å²) in [6.45, 7) is 7.85. The molecule has 102 valence electrons. The second kappa shape index (κ2) is 6.40. The summed E-state index contributed by atoms with van der Waals surface area (Å²) >= 11 is 3.44. The summed E-state index contributed by atoms with van der Waals surface area (Å²) in [5, 5.41) is 12.4. The molecule has 3 nitrogen and oxygen atoms in total. The van der Waals surface area contributed by atoms with Gasteiger partial charge in [0.05, 0.1) is 11.6 Å². The highest BCUT2D eigenvalue weighted by Gasteiger charge is 2.23. The van der Waals surface area contributed by atoms with Crippen LogP contribution in [0.15, 0.2) is 22.7 Å². The number of nitriles is 1. The van der Waals surface area contributed by atoms with Gasteiger partial charge in [-0.05, 0) is 50.9 Å². The van der Waals surface area contributed by atoms with E-state index in [9.17, 15) is 0 Å². The van der Waals surface area contributed by atoms with Crippen molar-refractivity contribution in [3.8, 4) is 6.07 Å². The summed E-state index contributed by atoms with van der Waals surface area (Å²) in [7, 11) is 0. The zero-order valence-corrected chi connectivity index (χ0v) is 13.1. The first-order valence-corrected chi connectivity index (χ1v) is 7.56. The molecule has 0 bridgehead atoms. The lowest BCUT2D eigenvalue weighted by Crippen LogP contribution is -2.29. The number of hydrogen-bond donors (Lipinski definition) is 1. The lowest BCUT2D eigenvalue weighted by molar-refractivity contribution is 0.266. The Kier molecular flexibility index (Phi) is 4.84. The van der Waals surface area contributed by atoms with E-state index in [1.165, 1.54) is 19.5 Å². The van der Waals surface area contributed by atoms with Crippen LogP contribution in [-0.2, 0) is 0 Å². The van der Waals surface area contributed by atoms with Crippen molar-refractivity contribution in [1.29, 1.82) is 5.26 Å². The van der Waals surface area contributed by atoms with Crippen LogP contribution in [0, 0.1) is 17.2 Å². The zero-order valence-electron chi connectivity index (χ0n) is 11.5. The first-order chi connectivity index (χ1) is 9.08. The first kappa shape index (κ1) is 14.4. The van der Waals surface area contributed by atoms with E-state index in [0.29, 0.717) is 17.5 Å². The number of halogens is 1. The summed E-state index contributed by atoms with van der Waals surface area (Å²) in [4.78, 5) is 2.52. The normalized spacial score (nSPS) is 19.6. The van der Waals surface area contributed by atoms with E-state index in [2.05, 4.69) is 46.1 Å². The molecule has 1 aliphatic rings. The van der Waals surface area contributed by atoms with Crippen LogP contribution >= 0.6 is 15.9 Å². The van der Waals surface area contributed by atoms with Crippen LogP contribution in [0.5, 0.6) is 0 Å². The monoisotopic (exact) mass is 321 g/mol. The highest BCUT2D eigenvalue weighted by atomic mass is 79.9. The van der Waals surface area contributed by atoms with Crippen LogP contribution in [-0.4, -0.2) is 30.6 Å². The fourth-order valence-corrected chi connectivity index (χ4v) is 3.01. The molecule has 2 rings (SSSR count). The van der Waals surface area contributed by atoms with E-state index in [1.807, 2.05) is 18.2 Å². The molecule has 1 unspecified atom stereocenters. The Hall–Kier alpha value is -1.05. The van der Waals surface area contributed by atoms with Gasteiger partial charge in [-0.15, -0.1) is 0 Å². The Morgan fingerprint density at radius 1 is 1.47 bits per heavy atom. The summed E-state index contributed by atoms with van der Waals surface area (Å²) < 4.78 is 0.948. The van der Waals surface area contributed by atoms with Gasteiger partial charge in [0.25, 0.3) is 0 Å². The van der Waals surface area contributed by atoms with Crippen LogP contribution in [0.2, 0.25) is 0 Å². The SMILES string of the molecule is CC(C)N1CCC(CNc2cc(Br)cc(C#N)c2)C1. The van der Waals surface area contributed by atoms with Gasteiger partial charge in [0.15, 0.2) is 0 Å². The summed E-state index contributed by atoms with van der Waals surface area (Å²) in [5.41, 5.74) is 1.71. The van der Waals surface area contributed by atoms with E-state index in [1.54, 1.807) is 0 Å². The van der Waals surface area contributed by atoms with Crippen molar-refractivity contribution in [2.24, 2.45) is 5.92 Å². The molecule has 0 saturated carbocycles. The molecule has 0 amide bonds. The van der Waals surface area contributed by atoms with Gasteiger partial charge < -0.3 is 10.2 Å². The van der Waals surface area contributed by atoms with E-state index >= 15 is 0 Å². The third kappa shape index (κ3) is 3.95. The number of benzene rings is 1. The topological polar surface area (TPSA) is 39.1 Å². The lowest BCUT2D eigenvalue weighted by atomic mass is 10.1. The third-order valence-corrected chi connectivity index (χ3v) is 4.13. The number of likely N-dealkylation sites (tertiary alicyclic amines) is 1. The Balaban J connectivity index is 1.90. The predicted octanol–water partition coefficient (Wildman–Crippen LogP) is 3.46. The molecule has 0 aromatic heterocycles. The van der Waals surface area contributed by atoms with Gasteiger partial charge in [-0.2, -0.15) is 5.26 Å². The van der Waals surface area contributed by atoms with Gasteiger partial charge in [0.1, 0.15) is 0 Å². The molecule has 1 aromatic carbocycles. The van der Waals surface area contributed by atoms with Gasteiger partial charge in [0, 0.05) is 29.3 Å². The van der Waals surface area contributed by atoms with Gasteiger partial charge in [-0.25, -0.2) is 0 Å². The molecule has 4 heteroatoms. The van der Waals surface area contributed by atoms with Crippen LogP contribution in [0.25, 0.3) is 0 Å². The third-order valence-electron chi connectivity index (χ3n) is 3.67. The minimum Gasteiger partial charge on any atom is -0.385 e. The van der Waals surface area contributed by atoms with Crippen LogP contribution in [0.1, 0.15) is 25.8 Å². The van der Waals surface area contributed by atoms with E-state index in [-0.39, 0.29) is 0 Å². The average molecular weight is 322 g/mol. The largest absolute Gasteiger partial charge is 0.385 e. The second-order valence-corrected chi connectivity index (χ2v) is 6.38. The van der Waals surface area contributed by atoms with Crippen molar-refractivity contribution >= 4 is 21.6 Å². The van der Waals surface area contributed by atoms with Gasteiger partial charge in [-0.1, -0.05) is 15.9 Å². The quantitative estimate of drug-likeness (QED) is 0.923. The summed E-state index contributed by atoms with van der Waals surface area (Å²) in [6.07, 6.45) is 1.25. The number of rotatable bonds is 4. The maximum absolute atomic E-state index is 8.96. The average Bonchev–Trinajstić information content (AvgIpc) is 2.84. The fourth-order valence-electron chi connectivity index (χ4n) is 2.52. The fraction of sp³-hybridized carbons (Fsp3) is 0.533. The lowest BCUT2D eigenvalue weighted by Gasteiger charge is -2.20. The predicted molar refractivity (Wildman–Crippen MR) is 82.2 cm³/mol. The van der Waals surface area contributed by atoms with Crippen molar-refractivity contribution in [1.82, 2.24) is 4.90 Å². The second-order valence-electron chi connectivity index (χ2n) is 5.46. The smallest absolute Gasteiger partial charge is 0.0992 e. The molecule has 1 aromatic rings. The molecular weight excluding hydrogens is 302 g/mol. The molecular formula is C15H20BrN3. The number of anilines is 1. The molecule has 1 heterocycles. The molecule has 19 heavy (non-hydrogen) atoms. The standard InChI is InChI=1S/C15H20BrN3/c1-11(2)19-4-3-12(10-19)9-18-15-6-13(8-17)5-14(16)7-15/h5-7,11-12,18H,3-4,9-10H2,1-2H3. The van der Waals surface area contributed by atoms with Gasteiger partial charge in [-0.3, -0.25) is 0 Å². The molecule has 1 aliphatic heterocycles. The Morgan fingerprint density at radius 2 is 2.26 bits per heavy atom. The Morgan fingerprint density at radius 3 is 2.89 bits per heavy atom. The van der Waals surface area contributed by atoms with E-state index < -0.39 is 0 Å².